The van der Waals surface area contributed by atoms with Gasteiger partial charge < -0.3 is 0 Å². The van der Waals surface area contributed by atoms with E-state index in [9.17, 15) is 0 Å². The molecule has 0 heteroatoms. The zero-order valence-corrected chi connectivity index (χ0v) is 12.0. The fourth-order valence-corrected chi connectivity index (χ4v) is 3.01. The van der Waals surface area contributed by atoms with Crippen molar-refractivity contribution in [3.05, 3.63) is 89.6 Å². The molecule has 2 aliphatic carbocycles. The van der Waals surface area contributed by atoms with Crippen molar-refractivity contribution in [2.24, 2.45) is 5.92 Å². The van der Waals surface area contributed by atoms with Gasteiger partial charge in [-0.2, -0.15) is 0 Å². The molecule has 0 amide bonds. The molecule has 20 heavy (non-hydrogen) atoms. The summed E-state index contributed by atoms with van der Waals surface area (Å²) in [6.07, 6.45) is 15.3. The lowest BCUT2D eigenvalue weighted by atomic mass is 9.95. The van der Waals surface area contributed by atoms with Gasteiger partial charge in [0.1, 0.15) is 0 Å². The van der Waals surface area contributed by atoms with Crippen LogP contribution in [0.4, 0.5) is 0 Å². The number of aryl methyl sites for hydroxylation is 1. The van der Waals surface area contributed by atoms with E-state index in [0.717, 1.165) is 12.0 Å². The standard InChI is InChI=1S/C20H20/c1-15(19-12-6-8-16(19)2)7-5-10-18-14-13-17-9-3-4-11-20(17)18/h3-12,19H,1,13-14H2,2H3/b7-5-,18-10+. The highest BCUT2D eigenvalue weighted by Crippen LogP contribution is 2.32. The molecule has 0 nitrogen and oxygen atoms in total. The molecule has 0 heterocycles. The molecular weight excluding hydrogens is 240 g/mol. The zero-order valence-electron chi connectivity index (χ0n) is 12.0. The van der Waals surface area contributed by atoms with Crippen LogP contribution >= 0.6 is 0 Å². The Morgan fingerprint density at radius 2 is 2.10 bits per heavy atom. The van der Waals surface area contributed by atoms with Crippen LogP contribution in [0.3, 0.4) is 0 Å². The number of rotatable bonds is 3. The highest BCUT2D eigenvalue weighted by atomic mass is 14.2. The predicted octanol–water partition coefficient (Wildman–Crippen LogP) is 5.26. The molecule has 0 aromatic heterocycles. The largest absolute Gasteiger partial charge is 0.0949 e. The van der Waals surface area contributed by atoms with Gasteiger partial charge in [-0.05, 0) is 42.0 Å². The van der Waals surface area contributed by atoms with Gasteiger partial charge in [-0.1, -0.05) is 72.9 Å². The minimum atomic E-state index is 0.389. The number of allylic oxidation sites excluding steroid dienone is 9. The van der Waals surface area contributed by atoms with Crippen molar-refractivity contribution in [2.45, 2.75) is 19.8 Å². The van der Waals surface area contributed by atoms with E-state index in [1.165, 1.54) is 28.7 Å². The summed E-state index contributed by atoms with van der Waals surface area (Å²) in [5.74, 6) is 0.389. The molecule has 2 aliphatic rings. The predicted molar refractivity (Wildman–Crippen MR) is 87.4 cm³/mol. The van der Waals surface area contributed by atoms with E-state index in [4.69, 9.17) is 0 Å². The fourth-order valence-electron chi connectivity index (χ4n) is 3.01. The van der Waals surface area contributed by atoms with Gasteiger partial charge in [0.05, 0.1) is 0 Å². The van der Waals surface area contributed by atoms with Crippen molar-refractivity contribution in [3.8, 4) is 0 Å². The smallest absolute Gasteiger partial charge is 0.0225 e. The first-order valence-corrected chi connectivity index (χ1v) is 7.25. The van der Waals surface area contributed by atoms with E-state index in [2.05, 4.69) is 74.2 Å². The molecule has 0 aliphatic heterocycles. The van der Waals surface area contributed by atoms with Crippen LogP contribution in [0.1, 0.15) is 24.5 Å². The van der Waals surface area contributed by atoms with Crippen LogP contribution in [0.5, 0.6) is 0 Å². The van der Waals surface area contributed by atoms with Crippen molar-refractivity contribution >= 4 is 5.57 Å². The van der Waals surface area contributed by atoms with Crippen molar-refractivity contribution in [1.29, 1.82) is 0 Å². The molecule has 3 rings (SSSR count). The highest BCUT2D eigenvalue weighted by molar-refractivity contribution is 5.73. The van der Waals surface area contributed by atoms with Gasteiger partial charge in [0, 0.05) is 5.92 Å². The third-order valence-corrected chi connectivity index (χ3v) is 4.19. The highest BCUT2D eigenvalue weighted by Gasteiger charge is 2.14. The van der Waals surface area contributed by atoms with Gasteiger partial charge in [-0.25, -0.2) is 0 Å². The van der Waals surface area contributed by atoms with E-state index < -0.39 is 0 Å². The molecule has 1 unspecified atom stereocenters. The van der Waals surface area contributed by atoms with Gasteiger partial charge in [0.25, 0.3) is 0 Å². The van der Waals surface area contributed by atoms with Gasteiger partial charge in [-0.15, -0.1) is 0 Å². The first-order valence-electron chi connectivity index (χ1n) is 7.25. The topological polar surface area (TPSA) is 0 Å². The van der Waals surface area contributed by atoms with Crippen LogP contribution in [-0.4, -0.2) is 0 Å². The average molecular weight is 260 g/mol. The minimum absolute atomic E-state index is 0.389. The number of hydrogen-bond acceptors (Lipinski definition) is 0. The SMILES string of the molecule is C=C(/C=C\C=C1/CCc2ccccc21)C1C=CC=C1C. The van der Waals surface area contributed by atoms with Crippen LogP contribution in [-0.2, 0) is 6.42 Å². The van der Waals surface area contributed by atoms with E-state index in [1.807, 2.05) is 0 Å². The summed E-state index contributed by atoms with van der Waals surface area (Å²) in [6, 6.07) is 8.71. The Kier molecular flexibility index (Phi) is 3.56. The summed E-state index contributed by atoms with van der Waals surface area (Å²) < 4.78 is 0. The van der Waals surface area contributed by atoms with Gasteiger partial charge >= 0.3 is 0 Å². The summed E-state index contributed by atoms with van der Waals surface area (Å²) in [6.45, 7) is 6.35. The van der Waals surface area contributed by atoms with E-state index in [0.29, 0.717) is 5.92 Å². The fraction of sp³-hybridized carbons (Fsp3) is 0.200. The summed E-state index contributed by atoms with van der Waals surface area (Å²) in [5.41, 5.74) is 6.87. The van der Waals surface area contributed by atoms with Crippen LogP contribution in [0.15, 0.2) is 78.4 Å². The Labute approximate surface area is 121 Å². The molecule has 0 bridgehead atoms. The molecule has 0 radical (unpaired) electrons. The lowest BCUT2D eigenvalue weighted by Gasteiger charge is -2.09. The molecular formula is C20H20. The Morgan fingerprint density at radius 1 is 1.25 bits per heavy atom. The molecule has 1 aromatic carbocycles. The maximum absolute atomic E-state index is 4.19. The summed E-state index contributed by atoms with van der Waals surface area (Å²) in [7, 11) is 0. The average Bonchev–Trinajstić information content (AvgIpc) is 3.05. The second kappa shape index (κ2) is 5.50. The third kappa shape index (κ3) is 2.46. The van der Waals surface area contributed by atoms with Gasteiger partial charge in [-0.3, -0.25) is 0 Å². The Hall–Kier alpha value is -2.08. The van der Waals surface area contributed by atoms with Gasteiger partial charge in [0.2, 0.25) is 0 Å². The Balaban J connectivity index is 1.72. The van der Waals surface area contributed by atoms with E-state index in [-0.39, 0.29) is 0 Å². The Bertz CT molecular complexity index is 650. The molecule has 0 N–H and O–H groups in total. The molecule has 0 saturated carbocycles. The van der Waals surface area contributed by atoms with Crippen LogP contribution < -0.4 is 0 Å². The van der Waals surface area contributed by atoms with Crippen LogP contribution in [0.2, 0.25) is 0 Å². The first-order chi connectivity index (χ1) is 9.75. The van der Waals surface area contributed by atoms with Crippen molar-refractivity contribution in [1.82, 2.24) is 0 Å². The Morgan fingerprint density at radius 3 is 2.90 bits per heavy atom. The van der Waals surface area contributed by atoms with Crippen molar-refractivity contribution in [2.75, 3.05) is 0 Å². The molecule has 0 saturated heterocycles. The second-order valence-corrected chi connectivity index (χ2v) is 5.56. The summed E-state index contributed by atoms with van der Waals surface area (Å²) >= 11 is 0. The maximum atomic E-state index is 4.19. The summed E-state index contributed by atoms with van der Waals surface area (Å²) in [4.78, 5) is 0. The lowest BCUT2D eigenvalue weighted by molar-refractivity contribution is 0.946. The lowest BCUT2D eigenvalue weighted by Crippen LogP contribution is -1.96. The minimum Gasteiger partial charge on any atom is -0.0949 e. The monoisotopic (exact) mass is 260 g/mol. The first kappa shape index (κ1) is 12.9. The number of hydrogen-bond donors (Lipinski definition) is 0. The molecule has 1 aromatic rings. The number of benzene rings is 1. The van der Waals surface area contributed by atoms with Crippen molar-refractivity contribution < 1.29 is 0 Å². The zero-order chi connectivity index (χ0) is 13.9. The van der Waals surface area contributed by atoms with Gasteiger partial charge in [0.15, 0.2) is 0 Å². The second-order valence-electron chi connectivity index (χ2n) is 5.56. The maximum Gasteiger partial charge on any atom is 0.0225 e. The van der Waals surface area contributed by atoms with E-state index in [1.54, 1.807) is 0 Å². The summed E-state index contributed by atoms with van der Waals surface area (Å²) in [5, 5.41) is 0. The normalized spacial score (nSPS) is 22.6. The molecule has 0 spiro atoms. The number of fused-ring (bicyclic) bond motifs is 1. The molecule has 0 fully saturated rings. The molecule has 1 atom stereocenters. The quantitative estimate of drug-likeness (QED) is 0.650. The van der Waals surface area contributed by atoms with Crippen LogP contribution in [0.25, 0.3) is 5.57 Å². The molecule has 100 valence electrons. The van der Waals surface area contributed by atoms with Crippen molar-refractivity contribution in [3.63, 3.8) is 0 Å². The van der Waals surface area contributed by atoms with Crippen LogP contribution in [0, 0.1) is 5.92 Å². The third-order valence-electron chi connectivity index (χ3n) is 4.19. The van der Waals surface area contributed by atoms with E-state index >= 15 is 0 Å².